The molecule has 0 fully saturated rings. The fourth-order valence-corrected chi connectivity index (χ4v) is 3.91. The quantitative estimate of drug-likeness (QED) is 0.413. The summed E-state index contributed by atoms with van der Waals surface area (Å²) < 4.78 is 8.38. The van der Waals surface area contributed by atoms with Crippen LogP contribution in [0.2, 0.25) is 23.2 Å². The predicted octanol–water partition coefficient (Wildman–Crippen LogP) is 5.80. The molecule has 146 valence electrons. The van der Waals surface area contributed by atoms with Crippen LogP contribution < -0.4 is 0 Å². The molecular formula is C21H30ClN3OSi. The number of aromatic nitrogens is 2. The van der Waals surface area contributed by atoms with Crippen molar-refractivity contribution >= 4 is 19.9 Å². The Morgan fingerprint density at radius 3 is 2.63 bits per heavy atom. The molecule has 4 nitrogen and oxygen atoms in total. The minimum atomic E-state index is -1.65. The van der Waals surface area contributed by atoms with E-state index in [0.29, 0.717) is 17.1 Å². The zero-order chi connectivity index (χ0) is 20.1. The fourth-order valence-electron chi connectivity index (χ4n) is 2.58. The highest BCUT2D eigenvalue weighted by atomic mass is 35.5. The van der Waals surface area contributed by atoms with Gasteiger partial charge in [0.25, 0.3) is 0 Å². The van der Waals surface area contributed by atoms with Crippen LogP contribution in [0.15, 0.2) is 30.7 Å². The third kappa shape index (κ3) is 5.93. The van der Waals surface area contributed by atoms with Gasteiger partial charge in [-0.25, -0.2) is 4.98 Å². The Labute approximate surface area is 169 Å². The van der Waals surface area contributed by atoms with Gasteiger partial charge in [0.05, 0.1) is 24.5 Å². The van der Waals surface area contributed by atoms with Gasteiger partial charge in [-0.05, 0) is 55.1 Å². The summed E-state index contributed by atoms with van der Waals surface area (Å²) in [6.07, 6.45) is 6.85. The average Bonchev–Trinajstić information content (AvgIpc) is 3.02. The topological polar surface area (TPSA) is 50.8 Å². The molecule has 0 aliphatic carbocycles. The van der Waals surface area contributed by atoms with Gasteiger partial charge in [0.1, 0.15) is 0 Å². The molecule has 0 unspecified atom stereocenters. The highest BCUT2D eigenvalue weighted by molar-refractivity contribution is 6.74. The highest BCUT2D eigenvalue weighted by Gasteiger charge is 2.36. The van der Waals surface area contributed by atoms with E-state index < -0.39 is 8.32 Å². The van der Waals surface area contributed by atoms with Gasteiger partial charge >= 0.3 is 0 Å². The van der Waals surface area contributed by atoms with Gasteiger partial charge in [-0.2, -0.15) is 5.26 Å². The largest absolute Gasteiger partial charge is 0.417 e. The van der Waals surface area contributed by atoms with Crippen molar-refractivity contribution in [1.29, 1.82) is 5.26 Å². The Hall–Kier alpha value is -1.61. The van der Waals surface area contributed by atoms with Crippen molar-refractivity contribution in [1.82, 2.24) is 9.55 Å². The lowest BCUT2D eigenvalue weighted by atomic mass is 10.1. The van der Waals surface area contributed by atoms with Crippen LogP contribution in [-0.4, -0.2) is 24.5 Å². The molecule has 0 spiro atoms. The van der Waals surface area contributed by atoms with Gasteiger partial charge in [0.15, 0.2) is 8.32 Å². The van der Waals surface area contributed by atoms with Gasteiger partial charge in [-0.3, -0.25) is 0 Å². The summed E-state index contributed by atoms with van der Waals surface area (Å²) in [5.74, 6) is 0. The first kappa shape index (κ1) is 21.7. The van der Waals surface area contributed by atoms with E-state index in [9.17, 15) is 0 Å². The number of imidazole rings is 1. The molecule has 0 bridgehead atoms. The summed E-state index contributed by atoms with van der Waals surface area (Å²) in [4.78, 5) is 4.30. The summed E-state index contributed by atoms with van der Waals surface area (Å²) in [5, 5.41) is 9.84. The van der Waals surface area contributed by atoms with Crippen LogP contribution in [0, 0.1) is 11.3 Å². The summed E-state index contributed by atoms with van der Waals surface area (Å²) in [7, 11) is -1.65. The molecule has 6 heteroatoms. The lowest BCUT2D eigenvalue weighted by Gasteiger charge is -2.36. The fraction of sp³-hybridized carbons (Fsp3) is 0.524. The van der Waals surface area contributed by atoms with E-state index in [1.165, 1.54) is 5.69 Å². The number of halogens is 1. The maximum absolute atomic E-state index is 8.96. The summed E-state index contributed by atoms with van der Waals surface area (Å²) >= 11 is 6.30. The predicted molar refractivity (Wildman–Crippen MR) is 114 cm³/mol. The third-order valence-electron chi connectivity index (χ3n) is 5.42. The van der Waals surface area contributed by atoms with Crippen LogP contribution in [0.5, 0.6) is 0 Å². The van der Waals surface area contributed by atoms with Crippen molar-refractivity contribution in [2.75, 3.05) is 6.61 Å². The van der Waals surface area contributed by atoms with E-state index in [2.05, 4.69) is 49.5 Å². The first-order valence-corrected chi connectivity index (χ1v) is 12.7. The minimum absolute atomic E-state index is 0.256. The summed E-state index contributed by atoms with van der Waals surface area (Å²) in [5.41, 5.74) is 2.77. The Morgan fingerprint density at radius 1 is 1.26 bits per heavy atom. The normalized spacial score (nSPS) is 12.2. The van der Waals surface area contributed by atoms with E-state index in [0.717, 1.165) is 31.4 Å². The van der Waals surface area contributed by atoms with Gasteiger partial charge in [0.2, 0.25) is 0 Å². The van der Waals surface area contributed by atoms with Crippen molar-refractivity contribution in [3.05, 3.63) is 52.6 Å². The molecule has 2 aromatic rings. The number of nitriles is 1. The van der Waals surface area contributed by atoms with E-state index in [4.69, 9.17) is 21.3 Å². The number of nitrogens with zero attached hydrogens (tertiary/aromatic N) is 3. The van der Waals surface area contributed by atoms with Crippen molar-refractivity contribution in [3.8, 4) is 6.07 Å². The minimum Gasteiger partial charge on any atom is -0.417 e. The van der Waals surface area contributed by atoms with Gasteiger partial charge in [-0.1, -0.05) is 38.4 Å². The molecule has 0 radical (unpaired) electrons. The van der Waals surface area contributed by atoms with E-state index >= 15 is 0 Å². The van der Waals surface area contributed by atoms with Crippen LogP contribution in [0.4, 0.5) is 0 Å². The van der Waals surface area contributed by atoms with Crippen molar-refractivity contribution in [3.63, 3.8) is 0 Å². The number of rotatable bonds is 8. The standard InChI is InChI=1S/C21H30ClN3OSi/c1-21(2,3)27(4,5)26-11-7-6-8-19-14-24-16-25(19)15-18-10-9-17(13-23)12-20(18)22/h9-10,12,14,16H,6-8,11,15H2,1-5H3. The molecule has 0 aliphatic rings. The number of hydrogen-bond donors (Lipinski definition) is 0. The van der Waals surface area contributed by atoms with Crippen LogP contribution in [0.3, 0.4) is 0 Å². The van der Waals surface area contributed by atoms with Crippen molar-refractivity contribution in [2.45, 2.75) is 64.7 Å². The first-order chi connectivity index (χ1) is 12.6. The molecule has 1 heterocycles. The van der Waals surface area contributed by atoms with E-state index in [-0.39, 0.29) is 5.04 Å². The zero-order valence-electron chi connectivity index (χ0n) is 17.1. The lowest BCUT2D eigenvalue weighted by Crippen LogP contribution is -2.40. The lowest BCUT2D eigenvalue weighted by molar-refractivity contribution is 0.279. The molecule has 0 atom stereocenters. The smallest absolute Gasteiger partial charge is 0.191 e. The monoisotopic (exact) mass is 403 g/mol. The van der Waals surface area contributed by atoms with Gasteiger partial charge in [0, 0.05) is 23.5 Å². The molecule has 0 saturated heterocycles. The van der Waals surface area contributed by atoms with Gasteiger partial charge < -0.3 is 8.99 Å². The molecule has 1 aromatic heterocycles. The van der Waals surface area contributed by atoms with Crippen molar-refractivity contribution in [2.24, 2.45) is 0 Å². The molecule has 0 aliphatic heterocycles. The van der Waals surface area contributed by atoms with Crippen LogP contribution in [0.25, 0.3) is 0 Å². The maximum atomic E-state index is 8.96. The van der Waals surface area contributed by atoms with Crippen molar-refractivity contribution < 1.29 is 4.43 Å². The SMILES string of the molecule is CC(C)(C)[Si](C)(C)OCCCCc1cncn1Cc1ccc(C#N)cc1Cl. The molecule has 1 aromatic carbocycles. The summed E-state index contributed by atoms with van der Waals surface area (Å²) in [6, 6.07) is 7.54. The Kier molecular flexibility index (Phi) is 7.27. The molecule has 2 rings (SSSR count). The number of aryl methyl sites for hydroxylation is 1. The Balaban J connectivity index is 1.86. The second-order valence-corrected chi connectivity index (χ2v) is 13.7. The molecular weight excluding hydrogens is 374 g/mol. The third-order valence-corrected chi connectivity index (χ3v) is 10.3. The Bertz CT molecular complexity index is 802. The molecule has 0 N–H and O–H groups in total. The van der Waals surface area contributed by atoms with Crippen LogP contribution in [0.1, 0.15) is 50.4 Å². The van der Waals surface area contributed by atoms with E-state index in [1.807, 2.05) is 18.6 Å². The molecule has 0 saturated carbocycles. The second kappa shape index (κ2) is 9.05. The Morgan fingerprint density at radius 2 is 2.00 bits per heavy atom. The van der Waals surface area contributed by atoms with Crippen LogP contribution >= 0.6 is 11.6 Å². The van der Waals surface area contributed by atoms with Crippen LogP contribution in [-0.2, 0) is 17.4 Å². The number of unbranched alkanes of at least 4 members (excludes halogenated alkanes) is 1. The zero-order valence-corrected chi connectivity index (χ0v) is 18.8. The second-order valence-electron chi connectivity index (χ2n) is 8.50. The summed E-state index contributed by atoms with van der Waals surface area (Å²) in [6.45, 7) is 12.9. The number of hydrogen-bond acceptors (Lipinski definition) is 3. The molecule has 0 amide bonds. The highest BCUT2D eigenvalue weighted by Crippen LogP contribution is 2.36. The average molecular weight is 404 g/mol. The van der Waals surface area contributed by atoms with E-state index in [1.54, 1.807) is 12.1 Å². The number of benzene rings is 1. The molecule has 27 heavy (non-hydrogen) atoms. The first-order valence-electron chi connectivity index (χ1n) is 9.45. The maximum Gasteiger partial charge on any atom is 0.191 e. The van der Waals surface area contributed by atoms with Gasteiger partial charge in [-0.15, -0.1) is 0 Å².